The number of hydrogen-bond acceptors (Lipinski definition) is 1. The molecule has 0 radical (unpaired) electrons. The van der Waals surface area contributed by atoms with E-state index in [9.17, 15) is 4.79 Å². The molecule has 78 valence electrons. The number of carbonyl (C=O) groups excluding carboxylic acids is 1. The van der Waals surface area contributed by atoms with Crippen molar-refractivity contribution in [1.29, 1.82) is 0 Å². The van der Waals surface area contributed by atoms with Gasteiger partial charge in [0, 0.05) is 0 Å². The molecule has 0 saturated carbocycles. The molecule has 0 saturated heterocycles. The number of hydrogen-bond donors (Lipinski definition) is 0. The van der Waals surface area contributed by atoms with E-state index in [1.165, 1.54) is 25.7 Å². The molecule has 1 unspecified atom stereocenters. The lowest BCUT2D eigenvalue weighted by atomic mass is 9.82. The first kappa shape index (κ1) is 11.2. The maximum absolute atomic E-state index is 10.2. The fourth-order valence-electron chi connectivity index (χ4n) is 2.18. The Balaban J connectivity index is 2.63. The van der Waals surface area contributed by atoms with Crippen molar-refractivity contribution in [2.45, 2.75) is 46.0 Å². The summed E-state index contributed by atoms with van der Waals surface area (Å²) in [7, 11) is 0. The van der Waals surface area contributed by atoms with E-state index in [0.717, 1.165) is 18.6 Å². The van der Waals surface area contributed by atoms with E-state index in [1.54, 1.807) is 17.2 Å². The van der Waals surface area contributed by atoms with Crippen LogP contribution in [0.1, 0.15) is 46.0 Å². The smallest absolute Gasteiger partial charge is 0.142 e. The van der Waals surface area contributed by atoms with E-state index in [4.69, 9.17) is 0 Å². The molecule has 0 aliphatic heterocycles. The minimum Gasteiger partial charge on any atom is -0.299 e. The quantitative estimate of drug-likeness (QED) is 0.377. The summed E-state index contributed by atoms with van der Waals surface area (Å²) >= 11 is 0. The van der Waals surface area contributed by atoms with Crippen molar-refractivity contribution in [2.75, 3.05) is 0 Å². The van der Waals surface area contributed by atoms with Crippen LogP contribution in [0.15, 0.2) is 23.3 Å². The second-order valence-electron chi connectivity index (χ2n) is 4.18. The van der Waals surface area contributed by atoms with Crippen LogP contribution in [0.5, 0.6) is 0 Å². The van der Waals surface area contributed by atoms with Gasteiger partial charge in [0.1, 0.15) is 6.29 Å². The van der Waals surface area contributed by atoms with Crippen LogP contribution in [-0.2, 0) is 4.79 Å². The predicted octanol–water partition coefficient (Wildman–Crippen LogP) is 3.66. The Morgan fingerprint density at radius 2 is 2.21 bits per heavy atom. The molecule has 0 amide bonds. The molecule has 1 nitrogen and oxygen atoms in total. The van der Waals surface area contributed by atoms with Gasteiger partial charge in [-0.25, -0.2) is 0 Å². The van der Waals surface area contributed by atoms with Crippen molar-refractivity contribution in [1.82, 2.24) is 0 Å². The molecule has 0 N–H and O–H groups in total. The minimum absolute atomic E-state index is 0.824. The predicted molar refractivity (Wildman–Crippen MR) is 60.2 cm³/mol. The Labute approximate surface area is 86.9 Å². The Kier molecular flexibility index (Phi) is 4.64. The Morgan fingerprint density at radius 1 is 1.43 bits per heavy atom. The van der Waals surface area contributed by atoms with E-state index in [1.807, 2.05) is 6.08 Å². The number of rotatable bonds is 4. The molecule has 1 aliphatic rings. The summed E-state index contributed by atoms with van der Waals surface area (Å²) in [5, 5.41) is 0. The standard InChI is InChI=1S/C13H20O/c1-3-12-8-7-11(2)10-13(12)6-4-5-9-14/h4-5,9,11H,3,6-8,10H2,1-2H3. The normalized spacial score (nSPS) is 23.1. The zero-order chi connectivity index (χ0) is 10.4. The molecular formula is C13H20O. The Hall–Kier alpha value is -0.850. The summed E-state index contributed by atoms with van der Waals surface area (Å²) in [6.07, 6.45) is 10.4. The lowest BCUT2D eigenvalue weighted by Crippen LogP contribution is -2.07. The van der Waals surface area contributed by atoms with Crippen molar-refractivity contribution in [3.8, 4) is 0 Å². The molecule has 1 rings (SSSR count). The van der Waals surface area contributed by atoms with E-state index in [-0.39, 0.29) is 0 Å². The number of carbonyl (C=O) groups is 1. The monoisotopic (exact) mass is 192 g/mol. The van der Waals surface area contributed by atoms with E-state index >= 15 is 0 Å². The lowest BCUT2D eigenvalue weighted by Gasteiger charge is -2.23. The minimum atomic E-state index is 0.824. The second-order valence-corrected chi connectivity index (χ2v) is 4.18. The van der Waals surface area contributed by atoms with Gasteiger partial charge in [-0.05, 0) is 44.1 Å². The summed E-state index contributed by atoms with van der Waals surface area (Å²) in [5.74, 6) is 0.824. The van der Waals surface area contributed by atoms with Crippen LogP contribution < -0.4 is 0 Å². The molecule has 0 bridgehead atoms. The fourth-order valence-corrected chi connectivity index (χ4v) is 2.18. The van der Waals surface area contributed by atoms with Crippen LogP contribution in [-0.4, -0.2) is 6.29 Å². The van der Waals surface area contributed by atoms with Crippen LogP contribution in [0.2, 0.25) is 0 Å². The van der Waals surface area contributed by atoms with Crippen molar-refractivity contribution >= 4 is 6.29 Å². The maximum Gasteiger partial charge on any atom is 0.142 e. The lowest BCUT2D eigenvalue weighted by molar-refractivity contribution is -0.104. The zero-order valence-corrected chi connectivity index (χ0v) is 9.25. The van der Waals surface area contributed by atoms with Crippen LogP contribution in [0, 0.1) is 5.92 Å². The zero-order valence-electron chi connectivity index (χ0n) is 9.25. The van der Waals surface area contributed by atoms with E-state index in [0.29, 0.717) is 0 Å². The molecule has 14 heavy (non-hydrogen) atoms. The number of aldehydes is 1. The molecule has 0 aromatic heterocycles. The Bertz CT molecular complexity index is 248. The largest absolute Gasteiger partial charge is 0.299 e. The van der Waals surface area contributed by atoms with Gasteiger partial charge in [0.25, 0.3) is 0 Å². The summed E-state index contributed by atoms with van der Waals surface area (Å²) in [4.78, 5) is 10.2. The van der Waals surface area contributed by atoms with Gasteiger partial charge in [0.2, 0.25) is 0 Å². The molecular weight excluding hydrogens is 172 g/mol. The molecule has 0 spiro atoms. The summed E-state index contributed by atoms with van der Waals surface area (Å²) in [6.45, 7) is 4.55. The van der Waals surface area contributed by atoms with Crippen LogP contribution >= 0.6 is 0 Å². The summed E-state index contributed by atoms with van der Waals surface area (Å²) in [5.41, 5.74) is 3.20. The molecule has 1 aliphatic carbocycles. The molecule has 1 atom stereocenters. The van der Waals surface area contributed by atoms with Crippen LogP contribution in [0.25, 0.3) is 0 Å². The van der Waals surface area contributed by atoms with Gasteiger partial charge in [0.15, 0.2) is 0 Å². The summed E-state index contributed by atoms with van der Waals surface area (Å²) in [6, 6.07) is 0. The van der Waals surface area contributed by atoms with Gasteiger partial charge in [-0.15, -0.1) is 0 Å². The topological polar surface area (TPSA) is 17.1 Å². The van der Waals surface area contributed by atoms with Gasteiger partial charge in [-0.1, -0.05) is 31.1 Å². The first-order valence-corrected chi connectivity index (χ1v) is 5.58. The van der Waals surface area contributed by atoms with Gasteiger partial charge < -0.3 is 0 Å². The summed E-state index contributed by atoms with van der Waals surface area (Å²) < 4.78 is 0. The van der Waals surface area contributed by atoms with Crippen molar-refractivity contribution in [3.05, 3.63) is 23.3 Å². The highest BCUT2D eigenvalue weighted by Gasteiger charge is 2.15. The third-order valence-corrected chi connectivity index (χ3v) is 3.04. The molecule has 0 aromatic carbocycles. The van der Waals surface area contributed by atoms with Crippen LogP contribution in [0.4, 0.5) is 0 Å². The first-order chi connectivity index (χ1) is 6.77. The van der Waals surface area contributed by atoms with Crippen molar-refractivity contribution in [2.24, 2.45) is 5.92 Å². The second kappa shape index (κ2) is 5.79. The highest BCUT2D eigenvalue weighted by Crippen LogP contribution is 2.32. The van der Waals surface area contributed by atoms with Gasteiger partial charge >= 0.3 is 0 Å². The Morgan fingerprint density at radius 3 is 2.86 bits per heavy atom. The fraction of sp³-hybridized carbons (Fsp3) is 0.615. The van der Waals surface area contributed by atoms with E-state index < -0.39 is 0 Å². The van der Waals surface area contributed by atoms with E-state index in [2.05, 4.69) is 13.8 Å². The molecule has 0 aromatic rings. The van der Waals surface area contributed by atoms with Crippen molar-refractivity contribution in [3.63, 3.8) is 0 Å². The van der Waals surface area contributed by atoms with Gasteiger partial charge in [0.05, 0.1) is 0 Å². The molecule has 0 heterocycles. The van der Waals surface area contributed by atoms with Crippen molar-refractivity contribution < 1.29 is 4.79 Å². The molecule has 0 fully saturated rings. The molecule has 1 heteroatoms. The highest BCUT2D eigenvalue weighted by atomic mass is 16.1. The third-order valence-electron chi connectivity index (χ3n) is 3.04. The van der Waals surface area contributed by atoms with Crippen LogP contribution in [0.3, 0.4) is 0 Å². The maximum atomic E-state index is 10.2. The highest BCUT2D eigenvalue weighted by molar-refractivity contribution is 5.64. The third kappa shape index (κ3) is 3.13. The van der Waals surface area contributed by atoms with Gasteiger partial charge in [-0.2, -0.15) is 0 Å². The van der Waals surface area contributed by atoms with Gasteiger partial charge in [-0.3, -0.25) is 4.79 Å². The average molecular weight is 192 g/mol. The average Bonchev–Trinajstić information content (AvgIpc) is 2.19. The number of allylic oxidation sites excluding steroid dienone is 4. The SMILES string of the molecule is CCC1=C(CC=CC=O)CC(C)CC1. The first-order valence-electron chi connectivity index (χ1n) is 5.58.